The molecule has 1 aliphatic carbocycles. The summed E-state index contributed by atoms with van der Waals surface area (Å²) in [5.74, 6) is 1.85. The van der Waals surface area contributed by atoms with E-state index in [9.17, 15) is 0 Å². The fraction of sp³-hybridized carbons (Fsp3) is 0.160. The van der Waals surface area contributed by atoms with Crippen LogP contribution in [0.25, 0.3) is 33.8 Å². The summed E-state index contributed by atoms with van der Waals surface area (Å²) in [6.45, 7) is 8.41. The molecule has 133 valence electrons. The van der Waals surface area contributed by atoms with Gasteiger partial charge in [-0.3, -0.25) is 0 Å². The quantitative estimate of drug-likeness (QED) is 0.341. The molecule has 27 heavy (non-hydrogen) atoms. The lowest BCUT2D eigenvalue weighted by molar-refractivity contribution is 0.572. The largest absolute Gasteiger partial charge is 0.464 e. The van der Waals surface area contributed by atoms with Gasteiger partial charge in [-0.2, -0.15) is 0 Å². The molecule has 4 aromatic rings. The molecular weight excluding hydrogens is 332 g/mol. The van der Waals surface area contributed by atoms with Gasteiger partial charge < -0.3 is 8.83 Å². The molecule has 1 aliphatic rings. The van der Waals surface area contributed by atoms with Crippen molar-refractivity contribution in [1.82, 2.24) is 0 Å². The maximum Gasteiger partial charge on any atom is 0.138 e. The fourth-order valence-corrected chi connectivity index (χ4v) is 3.98. The van der Waals surface area contributed by atoms with Gasteiger partial charge in [-0.15, -0.1) is 0 Å². The van der Waals surface area contributed by atoms with E-state index in [1.54, 1.807) is 0 Å². The highest BCUT2D eigenvalue weighted by atomic mass is 16.3. The second-order valence-electron chi connectivity index (χ2n) is 7.43. The van der Waals surface area contributed by atoms with Gasteiger partial charge in [0.05, 0.1) is 12.5 Å². The molecule has 0 bridgehead atoms. The molecule has 0 aliphatic heterocycles. The zero-order chi connectivity index (χ0) is 18.7. The summed E-state index contributed by atoms with van der Waals surface area (Å²) >= 11 is 0. The minimum absolute atomic E-state index is 0.920. The first kappa shape index (κ1) is 16.2. The Morgan fingerprint density at radius 3 is 1.93 bits per heavy atom. The van der Waals surface area contributed by atoms with Gasteiger partial charge in [0, 0.05) is 17.5 Å². The highest BCUT2D eigenvalue weighted by molar-refractivity contribution is 5.95. The van der Waals surface area contributed by atoms with Crippen molar-refractivity contribution in [2.75, 3.05) is 0 Å². The number of hydrogen-bond donors (Lipinski definition) is 0. The summed E-state index contributed by atoms with van der Waals surface area (Å²) in [5.41, 5.74) is 11.9. The number of aryl methyl sites for hydroxylation is 2. The van der Waals surface area contributed by atoms with Gasteiger partial charge in [-0.25, -0.2) is 0 Å². The van der Waals surface area contributed by atoms with Crippen LogP contribution < -0.4 is 0 Å². The van der Waals surface area contributed by atoms with Gasteiger partial charge >= 0.3 is 0 Å². The average molecular weight is 353 g/mol. The van der Waals surface area contributed by atoms with E-state index >= 15 is 0 Å². The first-order valence-corrected chi connectivity index (χ1v) is 9.27. The molecule has 2 aromatic carbocycles. The average Bonchev–Trinajstić information content (AvgIpc) is 3.32. The minimum Gasteiger partial charge on any atom is -0.464 e. The Balaban J connectivity index is 1.85. The second-order valence-corrected chi connectivity index (χ2v) is 7.43. The van der Waals surface area contributed by atoms with Gasteiger partial charge in [0.1, 0.15) is 11.5 Å². The van der Waals surface area contributed by atoms with E-state index in [-0.39, 0.29) is 0 Å². The third-order valence-corrected chi connectivity index (χ3v) is 5.84. The molecule has 0 fully saturated rings. The Labute approximate surface area is 159 Å². The Kier molecular flexibility index (Phi) is 3.45. The lowest BCUT2D eigenvalue weighted by atomic mass is 9.90. The molecule has 2 heteroatoms. The van der Waals surface area contributed by atoms with Crippen LogP contribution in [0.4, 0.5) is 0 Å². The van der Waals surface area contributed by atoms with Gasteiger partial charge in [0.2, 0.25) is 0 Å². The van der Waals surface area contributed by atoms with Crippen LogP contribution in [-0.2, 0) is 0 Å². The van der Waals surface area contributed by atoms with Gasteiger partial charge in [-0.1, -0.05) is 30.3 Å². The van der Waals surface area contributed by atoms with E-state index in [1.165, 1.54) is 33.4 Å². The molecule has 0 spiro atoms. The third-order valence-electron chi connectivity index (χ3n) is 5.84. The molecule has 0 saturated carbocycles. The SMILES string of the molecule is Cc1coc(-c2ccc3c(c2-c2occ(C)c2C)[CH]c2ccccc2-3)c1C. The zero-order valence-electron chi connectivity index (χ0n) is 16.0. The summed E-state index contributed by atoms with van der Waals surface area (Å²) in [4.78, 5) is 0. The first-order valence-electron chi connectivity index (χ1n) is 9.27. The van der Waals surface area contributed by atoms with Gasteiger partial charge in [0.15, 0.2) is 0 Å². The normalized spacial score (nSPS) is 12.3. The lowest BCUT2D eigenvalue weighted by Gasteiger charge is -2.13. The van der Waals surface area contributed by atoms with Crippen molar-refractivity contribution in [2.45, 2.75) is 27.7 Å². The van der Waals surface area contributed by atoms with E-state index in [4.69, 9.17) is 8.83 Å². The molecule has 2 heterocycles. The van der Waals surface area contributed by atoms with Gasteiger partial charge in [0.25, 0.3) is 0 Å². The van der Waals surface area contributed by atoms with Crippen molar-refractivity contribution in [3.8, 4) is 33.8 Å². The van der Waals surface area contributed by atoms with Crippen molar-refractivity contribution in [2.24, 2.45) is 0 Å². The number of hydrogen-bond acceptors (Lipinski definition) is 2. The maximum atomic E-state index is 6.05. The summed E-state index contributed by atoms with van der Waals surface area (Å²) in [6, 6.07) is 12.9. The maximum absolute atomic E-state index is 6.05. The van der Waals surface area contributed by atoms with Crippen LogP contribution in [0.2, 0.25) is 0 Å². The van der Waals surface area contributed by atoms with E-state index in [0.29, 0.717) is 0 Å². The number of rotatable bonds is 2. The summed E-state index contributed by atoms with van der Waals surface area (Å²) in [7, 11) is 0. The Morgan fingerprint density at radius 2 is 1.26 bits per heavy atom. The van der Waals surface area contributed by atoms with Crippen LogP contribution in [-0.4, -0.2) is 0 Å². The van der Waals surface area contributed by atoms with Crippen LogP contribution in [0.3, 0.4) is 0 Å². The van der Waals surface area contributed by atoms with Crippen molar-refractivity contribution in [3.63, 3.8) is 0 Å². The van der Waals surface area contributed by atoms with Crippen LogP contribution in [0.1, 0.15) is 33.4 Å². The molecule has 2 aromatic heterocycles. The van der Waals surface area contributed by atoms with Crippen LogP contribution >= 0.6 is 0 Å². The Morgan fingerprint density at radius 1 is 0.630 bits per heavy atom. The lowest BCUT2D eigenvalue weighted by Crippen LogP contribution is -1.93. The van der Waals surface area contributed by atoms with Crippen LogP contribution in [0, 0.1) is 34.1 Å². The molecule has 5 rings (SSSR count). The predicted octanol–water partition coefficient (Wildman–Crippen LogP) is 7.02. The molecular formula is C25H21O2. The van der Waals surface area contributed by atoms with E-state index < -0.39 is 0 Å². The third kappa shape index (κ3) is 2.26. The van der Waals surface area contributed by atoms with Crippen molar-refractivity contribution >= 4 is 0 Å². The standard InChI is InChI=1S/C25H21O2/c1-14-12-26-24(16(14)3)21-10-9-20-19-8-6-5-7-18(19)11-22(20)23(21)25-17(4)15(2)13-27-25/h5-13H,1-4H3. The molecule has 0 atom stereocenters. The van der Waals surface area contributed by atoms with Crippen LogP contribution in [0.5, 0.6) is 0 Å². The van der Waals surface area contributed by atoms with Crippen molar-refractivity contribution in [3.05, 3.63) is 88.7 Å². The smallest absolute Gasteiger partial charge is 0.138 e. The second kappa shape index (κ2) is 5.75. The number of benzene rings is 2. The van der Waals surface area contributed by atoms with Crippen LogP contribution in [0.15, 0.2) is 57.8 Å². The summed E-state index contributed by atoms with van der Waals surface area (Å²) < 4.78 is 12.0. The minimum atomic E-state index is 0.920. The fourth-order valence-electron chi connectivity index (χ4n) is 3.98. The molecule has 0 saturated heterocycles. The van der Waals surface area contributed by atoms with E-state index in [2.05, 4.69) is 70.5 Å². The zero-order valence-corrected chi connectivity index (χ0v) is 16.0. The van der Waals surface area contributed by atoms with E-state index in [0.717, 1.165) is 33.8 Å². The molecule has 0 amide bonds. The first-order chi connectivity index (χ1) is 13.1. The molecule has 0 N–H and O–H groups in total. The van der Waals surface area contributed by atoms with Gasteiger partial charge in [-0.05, 0) is 78.3 Å². The molecule has 0 unspecified atom stereocenters. The highest BCUT2D eigenvalue weighted by Gasteiger charge is 2.28. The van der Waals surface area contributed by atoms with Crippen molar-refractivity contribution < 1.29 is 8.83 Å². The summed E-state index contributed by atoms with van der Waals surface area (Å²) in [5, 5.41) is 0. The van der Waals surface area contributed by atoms with E-state index in [1.807, 2.05) is 12.5 Å². The topological polar surface area (TPSA) is 26.3 Å². The number of fused-ring (bicyclic) bond motifs is 3. The monoisotopic (exact) mass is 353 g/mol. The highest BCUT2D eigenvalue weighted by Crippen LogP contribution is 2.48. The Bertz CT molecular complexity index is 1190. The number of furan rings is 2. The predicted molar refractivity (Wildman–Crippen MR) is 109 cm³/mol. The Hall–Kier alpha value is -3.00. The van der Waals surface area contributed by atoms with Crippen molar-refractivity contribution in [1.29, 1.82) is 0 Å². The molecule has 2 nitrogen and oxygen atoms in total. The molecule has 1 radical (unpaired) electrons. The summed E-state index contributed by atoms with van der Waals surface area (Å²) in [6.07, 6.45) is 5.95.